The quantitative estimate of drug-likeness (QED) is 0.635. The fourth-order valence-electron chi connectivity index (χ4n) is 1.48. The van der Waals surface area contributed by atoms with Crippen LogP contribution in [0.1, 0.15) is 34.1 Å². The average Bonchev–Trinajstić information content (AvgIpc) is 2.75. The third-order valence-electron chi connectivity index (χ3n) is 2.98. The van der Waals surface area contributed by atoms with E-state index in [9.17, 15) is 4.79 Å². The van der Waals surface area contributed by atoms with Crippen molar-refractivity contribution in [3.8, 4) is 0 Å². The zero-order valence-corrected chi connectivity index (χ0v) is 13.6. The summed E-state index contributed by atoms with van der Waals surface area (Å²) in [6.45, 7) is 20.3. The van der Waals surface area contributed by atoms with Crippen LogP contribution in [-0.4, -0.2) is 36.5 Å². The van der Waals surface area contributed by atoms with Crippen LogP contribution >= 0.6 is 0 Å². The first-order valence-electron chi connectivity index (χ1n) is 6.91. The highest BCUT2D eigenvalue weighted by molar-refractivity contribution is 5.72. The van der Waals surface area contributed by atoms with Crippen LogP contribution < -0.4 is 0 Å². The van der Waals surface area contributed by atoms with E-state index in [0.717, 1.165) is 24.2 Å². The summed E-state index contributed by atoms with van der Waals surface area (Å²) in [4.78, 5) is 11.6. The van der Waals surface area contributed by atoms with E-state index < -0.39 is 0 Å². The SMILES string of the molecule is C=C(C=O)CO.C=C1C(=C)N(C)C/C1=C(/C)CC.CC. The highest BCUT2D eigenvalue weighted by Gasteiger charge is 2.21. The number of likely N-dealkylation sites (tertiary alicyclic amines) is 1. The number of aliphatic hydroxyl groups is 1. The van der Waals surface area contributed by atoms with Gasteiger partial charge in [-0.05, 0) is 24.5 Å². The molecule has 1 N–H and O–H groups in total. The van der Waals surface area contributed by atoms with Gasteiger partial charge in [-0.25, -0.2) is 0 Å². The number of likely N-dealkylation sites (N-methyl/N-ethyl adjacent to an activating group) is 1. The molecule has 0 atom stereocenters. The molecule has 114 valence electrons. The highest BCUT2D eigenvalue weighted by Crippen LogP contribution is 2.30. The van der Waals surface area contributed by atoms with E-state index in [4.69, 9.17) is 5.11 Å². The summed E-state index contributed by atoms with van der Waals surface area (Å²) in [6.07, 6.45) is 1.63. The van der Waals surface area contributed by atoms with Gasteiger partial charge >= 0.3 is 0 Å². The molecular weight excluding hydrogens is 250 g/mol. The maximum atomic E-state index is 9.48. The molecule has 1 saturated heterocycles. The Balaban J connectivity index is 0. The number of aliphatic hydroxyl groups excluding tert-OH is 1. The van der Waals surface area contributed by atoms with Gasteiger partial charge in [0, 0.05) is 24.9 Å². The average molecular weight is 279 g/mol. The standard InChI is InChI=1S/C11H17N.C4H6O2.C2H6/c1-6-8(2)11-7-12(5)10(4)9(11)3;1-4(2-5)3-6;1-2/h3-4,6-7H2,1-2,5H3;2,6H,1,3H2;1-2H3/b11-8+;;. The summed E-state index contributed by atoms with van der Waals surface area (Å²) in [7, 11) is 2.06. The monoisotopic (exact) mass is 279 g/mol. The molecule has 1 fully saturated rings. The summed E-state index contributed by atoms with van der Waals surface area (Å²) in [5.41, 5.74) is 5.22. The molecule has 1 rings (SSSR count). The summed E-state index contributed by atoms with van der Waals surface area (Å²) in [5, 5.41) is 8.00. The van der Waals surface area contributed by atoms with Gasteiger partial charge in [0.15, 0.2) is 0 Å². The lowest BCUT2D eigenvalue weighted by atomic mass is 10.0. The van der Waals surface area contributed by atoms with Crippen molar-refractivity contribution >= 4 is 6.29 Å². The maximum Gasteiger partial charge on any atom is 0.147 e. The Labute approximate surface area is 124 Å². The van der Waals surface area contributed by atoms with Gasteiger partial charge in [-0.2, -0.15) is 0 Å². The molecule has 0 spiro atoms. The largest absolute Gasteiger partial charge is 0.392 e. The van der Waals surface area contributed by atoms with Gasteiger partial charge < -0.3 is 10.0 Å². The van der Waals surface area contributed by atoms with Gasteiger partial charge in [-0.15, -0.1) is 0 Å². The fourth-order valence-corrected chi connectivity index (χ4v) is 1.48. The van der Waals surface area contributed by atoms with Crippen molar-refractivity contribution < 1.29 is 9.90 Å². The minimum atomic E-state index is -0.233. The first kappa shape index (κ1) is 20.7. The van der Waals surface area contributed by atoms with Crippen molar-refractivity contribution in [1.29, 1.82) is 0 Å². The Hall–Kier alpha value is -1.61. The molecule has 1 aliphatic heterocycles. The molecule has 0 bridgehead atoms. The van der Waals surface area contributed by atoms with Gasteiger partial charge in [-0.3, -0.25) is 4.79 Å². The molecule has 3 nitrogen and oxygen atoms in total. The van der Waals surface area contributed by atoms with Gasteiger partial charge in [0.25, 0.3) is 0 Å². The topological polar surface area (TPSA) is 40.5 Å². The summed E-state index contributed by atoms with van der Waals surface area (Å²) in [6, 6.07) is 0. The van der Waals surface area contributed by atoms with Gasteiger partial charge in [0.05, 0.1) is 6.61 Å². The molecule has 3 heteroatoms. The zero-order chi connectivity index (χ0) is 16.3. The van der Waals surface area contributed by atoms with Crippen molar-refractivity contribution in [1.82, 2.24) is 4.90 Å². The molecule has 0 aromatic rings. The highest BCUT2D eigenvalue weighted by atomic mass is 16.3. The second-order valence-corrected chi connectivity index (χ2v) is 4.33. The van der Waals surface area contributed by atoms with Gasteiger partial charge in [-0.1, -0.05) is 46.1 Å². The van der Waals surface area contributed by atoms with Crippen molar-refractivity contribution in [3.05, 3.63) is 47.7 Å². The number of hydrogen-bond donors (Lipinski definition) is 1. The first-order chi connectivity index (χ1) is 9.38. The first-order valence-corrected chi connectivity index (χ1v) is 6.91. The van der Waals surface area contributed by atoms with Crippen molar-refractivity contribution in [2.75, 3.05) is 20.2 Å². The lowest BCUT2D eigenvalue weighted by molar-refractivity contribution is -0.105. The third kappa shape index (κ3) is 6.53. The molecule has 20 heavy (non-hydrogen) atoms. The molecule has 0 aliphatic carbocycles. The minimum Gasteiger partial charge on any atom is -0.392 e. The maximum absolute atomic E-state index is 9.48. The molecular formula is C17H29NO2. The number of rotatable bonds is 3. The predicted molar refractivity (Wildman–Crippen MR) is 87.5 cm³/mol. The van der Waals surface area contributed by atoms with E-state index in [1.807, 2.05) is 13.8 Å². The Morgan fingerprint density at radius 1 is 1.40 bits per heavy atom. The van der Waals surface area contributed by atoms with Crippen LogP contribution in [0.25, 0.3) is 0 Å². The summed E-state index contributed by atoms with van der Waals surface area (Å²) < 4.78 is 0. The molecule has 0 saturated carbocycles. The lowest BCUT2D eigenvalue weighted by Gasteiger charge is -2.08. The summed E-state index contributed by atoms with van der Waals surface area (Å²) in [5.74, 6) is 0. The van der Waals surface area contributed by atoms with Crippen LogP contribution in [0.15, 0.2) is 47.7 Å². The Morgan fingerprint density at radius 3 is 2.10 bits per heavy atom. The molecule has 0 aromatic heterocycles. The Kier molecular flexibility index (Phi) is 11.6. The molecule has 0 aromatic carbocycles. The molecule has 0 radical (unpaired) electrons. The van der Waals surface area contributed by atoms with Crippen molar-refractivity contribution in [2.24, 2.45) is 0 Å². The van der Waals surface area contributed by atoms with Crippen molar-refractivity contribution in [2.45, 2.75) is 34.1 Å². The predicted octanol–water partition coefficient (Wildman–Crippen LogP) is 3.49. The van der Waals surface area contributed by atoms with Crippen molar-refractivity contribution in [3.63, 3.8) is 0 Å². The minimum absolute atomic E-state index is 0.218. The van der Waals surface area contributed by atoms with Crippen LogP contribution in [0.5, 0.6) is 0 Å². The number of carbonyl (C=O) groups excluding carboxylic acids is 1. The molecule has 0 amide bonds. The van der Waals surface area contributed by atoms with E-state index >= 15 is 0 Å². The normalized spacial score (nSPS) is 15.8. The lowest BCUT2D eigenvalue weighted by Crippen LogP contribution is -2.09. The zero-order valence-electron chi connectivity index (χ0n) is 13.6. The second kappa shape index (κ2) is 11.2. The smallest absolute Gasteiger partial charge is 0.147 e. The number of nitrogens with zero attached hydrogens (tertiary/aromatic N) is 1. The fraction of sp³-hybridized carbons (Fsp3) is 0.471. The molecule has 1 aliphatic rings. The van der Waals surface area contributed by atoms with Crippen LogP contribution in [0.3, 0.4) is 0 Å². The Bertz CT molecular complexity index is 389. The second-order valence-electron chi connectivity index (χ2n) is 4.33. The molecule has 1 heterocycles. The van der Waals surface area contributed by atoms with E-state index in [1.54, 1.807) is 0 Å². The molecule has 0 unspecified atom stereocenters. The van der Waals surface area contributed by atoms with Crippen LogP contribution in [0.2, 0.25) is 0 Å². The van der Waals surface area contributed by atoms with E-state index in [-0.39, 0.29) is 12.2 Å². The van der Waals surface area contributed by atoms with Crippen LogP contribution in [0.4, 0.5) is 0 Å². The van der Waals surface area contributed by atoms with E-state index in [2.05, 4.69) is 45.5 Å². The van der Waals surface area contributed by atoms with Crippen LogP contribution in [-0.2, 0) is 4.79 Å². The number of allylic oxidation sites excluding steroid dienone is 2. The summed E-state index contributed by atoms with van der Waals surface area (Å²) >= 11 is 0. The van der Waals surface area contributed by atoms with E-state index in [0.29, 0.717) is 6.29 Å². The van der Waals surface area contributed by atoms with E-state index in [1.165, 1.54) is 11.1 Å². The Morgan fingerprint density at radius 2 is 1.90 bits per heavy atom. The van der Waals surface area contributed by atoms with Gasteiger partial charge in [0.2, 0.25) is 0 Å². The van der Waals surface area contributed by atoms with Crippen LogP contribution in [0, 0.1) is 0 Å². The third-order valence-corrected chi connectivity index (χ3v) is 2.98. The van der Waals surface area contributed by atoms with Gasteiger partial charge in [0.1, 0.15) is 6.29 Å². The number of hydrogen-bond acceptors (Lipinski definition) is 3. The number of carbonyl (C=O) groups is 1. The number of aldehydes is 1.